The molecule has 0 bridgehead atoms. The number of anilines is 1. The molecule has 2 aromatic rings. The van der Waals surface area contributed by atoms with Gasteiger partial charge in [0.15, 0.2) is 10.8 Å². The van der Waals surface area contributed by atoms with Gasteiger partial charge in [-0.25, -0.2) is 4.79 Å². The summed E-state index contributed by atoms with van der Waals surface area (Å²) in [7, 11) is 0. The van der Waals surface area contributed by atoms with E-state index in [0.29, 0.717) is 10.6 Å². The normalized spacial score (nSPS) is 10.2. The number of carboxylic acid groups (broad SMARTS) is 1. The third-order valence-corrected chi connectivity index (χ3v) is 3.56. The monoisotopic (exact) mass is 297 g/mol. The second-order valence-electron chi connectivity index (χ2n) is 3.62. The molecule has 19 heavy (non-hydrogen) atoms. The van der Waals surface area contributed by atoms with Crippen molar-refractivity contribution < 1.29 is 14.7 Å². The van der Waals surface area contributed by atoms with Crippen molar-refractivity contribution in [3.05, 3.63) is 39.5 Å². The van der Waals surface area contributed by atoms with Gasteiger partial charge in [0.2, 0.25) is 0 Å². The lowest BCUT2D eigenvalue weighted by molar-refractivity contribution is 0.0701. The molecular formula is C11H8ClN3O3S. The standard InChI is InChI=1S/C11H8ClN3O3S/c1-5-4-8(19-9(5)11(17)18)13-10(16)6-2-3-7(12)15-14-6/h2-4H,1H3,(H,13,16)(H,17,18). The molecule has 2 aromatic heterocycles. The Bertz CT molecular complexity index is 639. The fourth-order valence-corrected chi connectivity index (χ4v) is 2.38. The third kappa shape index (κ3) is 3.07. The number of carbonyl (C=O) groups excluding carboxylic acids is 1. The Morgan fingerprint density at radius 3 is 2.63 bits per heavy atom. The first kappa shape index (κ1) is 13.4. The number of aromatic nitrogens is 2. The molecule has 0 aromatic carbocycles. The Morgan fingerprint density at radius 1 is 1.37 bits per heavy atom. The van der Waals surface area contributed by atoms with Crippen molar-refractivity contribution in [1.82, 2.24) is 10.2 Å². The molecule has 0 unspecified atom stereocenters. The molecule has 1 amide bonds. The van der Waals surface area contributed by atoms with Crippen LogP contribution in [0.15, 0.2) is 18.2 Å². The van der Waals surface area contributed by atoms with Crippen LogP contribution < -0.4 is 5.32 Å². The highest BCUT2D eigenvalue weighted by molar-refractivity contribution is 7.18. The fraction of sp³-hybridized carbons (Fsp3) is 0.0909. The van der Waals surface area contributed by atoms with Gasteiger partial charge in [-0.3, -0.25) is 4.79 Å². The molecule has 0 radical (unpaired) electrons. The number of aryl methyl sites for hydroxylation is 1. The first-order valence-corrected chi connectivity index (χ1v) is 6.31. The van der Waals surface area contributed by atoms with Gasteiger partial charge in [0.25, 0.3) is 5.91 Å². The van der Waals surface area contributed by atoms with Crippen LogP contribution in [0.1, 0.15) is 25.7 Å². The molecule has 0 saturated heterocycles. The third-order valence-electron chi connectivity index (χ3n) is 2.21. The SMILES string of the molecule is Cc1cc(NC(=O)c2ccc(Cl)nn2)sc1C(=O)O. The van der Waals surface area contributed by atoms with Crippen LogP contribution in [0.25, 0.3) is 0 Å². The van der Waals surface area contributed by atoms with Crippen molar-refractivity contribution in [2.45, 2.75) is 6.92 Å². The second kappa shape index (κ2) is 5.33. The summed E-state index contributed by atoms with van der Waals surface area (Å²) in [5.74, 6) is -1.49. The van der Waals surface area contributed by atoms with E-state index in [1.165, 1.54) is 12.1 Å². The molecule has 0 aliphatic rings. The highest BCUT2D eigenvalue weighted by Crippen LogP contribution is 2.26. The maximum atomic E-state index is 11.8. The van der Waals surface area contributed by atoms with E-state index in [1.54, 1.807) is 13.0 Å². The molecule has 2 rings (SSSR count). The van der Waals surface area contributed by atoms with Crippen molar-refractivity contribution in [2.75, 3.05) is 5.32 Å². The number of hydrogen-bond donors (Lipinski definition) is 2. The zero-order valence-electron chi connectivity index (χ0n) is 9.68. The molecular weight excluding hydrogens is 290 g/mol. The smallest absolute Gasteiger partial charge is 0.346 e. The van der Waals surface area contributed by atoms with Crippen molar-refractivity contribution in [3.63, 3.8) is 0 Å². The lowest BCUT2D eigenvalue weighted by Crippen LogP contribution is -2.13. The zero-order valence-corrected chi connectivity index (χ0v) is 11.2. The molecule has 0 spiro atoms. The molecule has 98 valence electrons. The molecule has 6 nitrogen and oxygen atoms in total. The van der Waals surface area contributed by atoms with Gasteiger partial charge in [0.05, 0.1) is 5.00 Å². The topological polar surface area (TPSA) is 92.2 Å². The van der Waals surface area contributed by atoms with E-state index < -0.39 is 11.9 Å². The Hall–Kier alpha value is -1.99. The van der Waals surface area contributed by atoms with Gasteiger partial charge in [0, 0.05) is 0 Å². The van der Waals surface area contributed by atoms with E-state index in [4.69, 9.17) is 16.7 Å². The minimum atomic E-state index is -1.02. The number of halogens is 1. The summed E-state index contributed by atoms with van der Waals surface area (Å²) in [4.78, 5) is 22.9. The predicted octanol–water partition coefficient (Wildman–Crippen LogP) is 2.45. The number of carbonyl (C=O) groups is 2. The highest BCUT2D eigenvalue weighted by Gasteiger charge is 2.15. The summed E-state index contributed by atoms with van der Waals surface area (Å²) >= 11 is 6.55. The van der Waals surface area contributed by atoms with Crippen molar-refractivity contribution in [2.24, 2.45) is 0 Å². The van der Waals surface area contributed by atoms with Crippen LogP contribution in [0.3, 0.4) is 0 Å². The first-order chi connectivity index (χ1) is 8.97. The van der Waals surface area contributed by atoms with Crippen molar-refractivity contribution in [1.29, 1.82) is 0 Å². The Balaban J connectivity index is 2.17. The number of thiophene rings is 1. The fourth-order valence-electron chi connectivity index (χ4n) is 1.37. The van der Waals surface area contributed by atoms with Gasteiger partial charge < -0.3 is 10.4 Å². The average molecular weight is 298 g/mol. The highest BCUT2D eigenvalue weighted by atomic mass is 35.5. The minimum Gasteiger partial charge on any atom is -0.477 e. The Morgan fingerprint density at radius 2 is 2.11 bits per heavy atom. The largest absolute Gasteiger partial charge is 0.477 e. The van der Waals surface area contributed by atoms with Crippen LogP contribution in [0.5, 0.6) is 0 Å². The maximum Gasteiger partial charge on any atom is 0.346 e. The maximum absolute atomic E-state index is 11.8. The summed E-state index contributed by atoms with van der Waals surface area (Å²) in [6.07, 6.45) is 0. The van der Waals surface area contributed by atoms with Gasteiger partial charge in [-0.2, -0.15) is 0 Å². The molecule has 8 heteroatoms. The summed E-state index contributed by atoms with van der Waals surface area (Å²) in [6.45, 7) is 1.66. The lowest BCUT2D eigenvalue weighted by atomic mass is 10.3. The molecule has 0 fully saturated rings. The van der Waals surface area contributed by atoms with E-state index in [1.807, 2.05) is 0 Å². The van der Waals surface area contributed by atoms with E-state index in [-0.39, 0.29) is 15.7 Å². The summed E-state index contributed by atoms with van der Waals surface area (Å²) in [6, 6.07) is 4.48. The van der Waals surface area contributed by atoms with Gasteiger partial charge in [-0.1, -0.05) is 11.6 Å². The number of aromatic carboxylic acids is 1. The molecule has 0 atom stereocenters. The van der Waals surface area contributed by atoms with Crippen molar-refractivity contribution in [3.8, 4) is 0 Å². The van der Waals surface area contributed by atoms with E-state index in [9.17, 15) is 9.59 Å². The van der Waals surface area contributed by atoms with E-state index >= 15 is 0 Å². The summed E-state index contributed by atoms with van der Waals surface area (Å²) in [5.41, 5.74) is 0.697. The first-order valence-electron chi connectivity index (χ1n) is 5.11. The number of amides is 1. The minimum absolute atomic E-state index is 0.104. The number of nitrogens with zero attached hydrogens (tertiary/aromatic N) is 2. The van der Waals surface area contributed by atoms with Crippen LogP contribution in [-0.2, 0) is 0 Å². The van der Waals surface area contributed by atoms with Crippen molar-refractivity contribution >= 4 is 39.8 Å². The molecule has 0 aliphatic carbocycles. The number of rotatable bonds is 3. The summed E-state index contributed by atoms with van der Waals surface area (Å²) < 4.78 is 0. The average Bonchev–Trinajstić information content (AvgIpc) is 2.71. The summed E-state index contributed by atoms with van der Waals surface area (Å²) in [5, 5.41) is 19.3. The molecule has 0 aliphatic heterocycles. The van der Waals surface area contributed by atoms with Crippen LogP contribution in [0.4, 0.5) is 5.00 Å². The predicted molar refractivity (Wildman–Crippen MR) is 71.0 cm³/mol. The van der Waals surface area contributed by atoms with Crippen LogP contribution >= 0.6 is 22.9 Å². The van der Waals surface area contributed by atoms with Crippen LogP contribution in [-0.4, -0.2) is 27.2 Å². The van der Waals surface area contributed by atoms with E-state index in [2.05, 4.69) is 15.5 Å². The van der Waals surface area contributed by atoms with Crippen LogP contribution in [0.2, 0.25) is 5.15 Å². The number of carboxylic acids is 1. The zero-order chi connectivity index (χ0) is 14.0. The molecule has 2 heterocycles. The lowest BCUT2D eigenvalue weighted by Gasteiger charge is -2.00. The number of hydrogen-bond acceptors (Lipinski definition) is 5. The second-order valence-corrected chi connectivity index (χ2v) is 5.06. The molecule has 2 N–H and O–H groups in total. The van der Waals surface area contributed by atoms with E-state index in [0.717, 1.165) is 11.3 Å². The van der Waals surface area contributed by atoms with Gasteiger partial charge in [0.1, 0.15) is 4.88 Å². The van der Waals surface area contributed by atoms with Gasteiger partial charge in [-0.15, -0.1) is 21.5 Å². The van der Waals surface area contributed by atoms with Gasteiger partial charge >= 0.3 is 5.97 Å². The number of nitrogens with one attached hydrogen (secondary N) is 1. The molecule has 0 saturated carbocycles. The van der Waals surface area contributed by atoms with Gasteiger partial charge in [-0.05, 0) is 30.7 Å². The quantitative estimate of drug-likeness (QED) is 0.908. The Kier molecular flexibility index (Phi) is 3.77. The van der Waals surface area contributed by atoms with Crippen LogP contribution in [0, 0.1) is 6.92 Å². The Labute approximate surface area is 117 Å².